The summed E-state index contributed by atoms with van der Waals surface area (Å²) < 4.78 is 2.30. The molecular formula is C11H19N2+. The van der Waals surface area contributed by atoms with E-state index in [1.165, 1.54) is 5.69 Å². The molecule has 72 valence electrons. The van der Waals surface area contributed by atoms with Crippen molar-refractivity contribution in [2.75, 3.05) is 0 Å². The molecule has 2 heteroatoms. The van der Waals surface area contributed by atoms with Crippen molar-refractivity contribution in [1.82, 2.24) is 4.98 Å². The zero-order valence-corrected chi connectivity index (χ0v) is 9.20. The first kappa shape index (κ1) is 10.2. The summed E-state index contributed by atoms with van der Waals surface area (Å²) in [4.78, 5) is 4.32. The largest absolute Gasteiger partial charge is 0.249 e. The number of aryl methyl sites for hydroxylation is 1. The van der Waals surface area contributed by atoms with Crippen molar-refractivity contribution in [1.29, 1.82) is 0 Å². The molecule has 0 saturated heterocycles. The molecule has 13 heavy (non-hydrogen) atoms. The second-order valence-corrected chi connectivity index (χ2v) is 4.11. The normalized spacial score (nSPS) is 11.3. The summed E-state index contributed by atoms with van der Waals surface area (Å²) >= 11 is 0. The van der Waals surface area contributed by atoms with Gasteiger partial charge in [-0.3, -0.25) is 0 Å². The Hall–Kier alpha value is -0.920. The smallest absolute Gasteiger partial charge is 0.202 e. The second kappa shape index (κ2) is 3.86. The molecule has 0 aliphatic rings. The molecule has 0 spiro atoms. The van der Waals surface area contributed by atoms with Crippen molar-refractivity contribution >= 4 is 0 Å². The van der Waals surface area contributed by atoms with Crippen LogP contribution in [0.4, 0.5) is 0 Å². The third kappa shape index (κ3) is 2.27. The zero-order chi connectivity index (χ0) is 10.0. The molecule has 0 N–H and O–H groups in total. The van der Waals surface area contributed by atoms with Gasteiger partial charge < -0.3 is 0 Å². The van der Waals surface area contributed by atoms with Gasteiger partial charge >= 0.3 is 0 Å². The van der Waals surface area contributed by atoms with E-state index in [1.807, 2.05) is 13.1 Å². The number of hydrogen-bond acceptors (Lipinski definition) is 1. The van der Waals surface area contributed by atoms with Crippen LogP contribution in [0, 0.1) is 6.92 Å². The molecule has 0 aliphatic heterocycles. The average Bonchev–Trinajstić information content (AvgIpc) is 2.03. The Morgan fingerprint density at radius 1 is 1.23 bits per heavy atom. The predicted molar refractivity (Wildman–Crippen MR) is 53.6 cm³/mol. The summed E-state index contributed by atoms with van der Waals surface area (Å²) in [5.74, 6) is 0.537. The van der Waals surface area contributed by atoms with Crippen LogP contribution in [0.25, 0.3) is 0 Å². The van der Waals surface area contributed by atoms with E-state index in [1.54, 1.807) is 0 Å². The molecule has 0 unspecified atom stereocenters. The Morgan fingerprint density at radius 2 is 1.85 bits per heavy atom. The number of nitrogens with zero attached hydrogens (tertiary/aromatic N) is 2. The molecule has 0 fully saturated rings. The van der Waals surface area contributed by atoms with Crippen molar-refractivity contribution in [3.8, 4) is 0 Å². The van der Waals surface area contributed by atoms with Gasteiger partial charge in [0.05, 0.1) is 6.20 Å². The first-order valence-corrected chi connectivity index (χ1v) is 4.90. The maximum atomic E-state index is 4.32. The van der Waals surface area contributed by atoms with E-state index in [2.05, 4.69) is 43.4 Å². The SMILES string of the molecule is Cc1c[n+](C(C)C)c(C(C)C)cn1. The Morgan fingerprint density at radius 3 is 2.31 bits per heavy atom. The van der Waals surface area contributed by atoms with Gasteiger partial charge in [-0.15, -0.1) is 0 Å². The lowest BCUT2D eigenvalue weighted by Gasteiger charge is -2.09. The van der Waals surface area contributed by atoms with Gasteiger partial charge in [0, 0.05) is 5.92 Å². The lowest BCUT2D eigenvalue weighted by molar-refractivity contribution is -0.724. The third-order valence-electron chi connectivity index (χ3n) is 2.17. The summed E-state index contributed by atoms with van der Waals surface area (Å²) in [5.41, 5.74) is 2.39. The molecule has 1 aromatic rings. The Labute approximate surface area is 80.6 Å². The lowest BCUT2D eigenvalue weighted by Crippen LogP contribution is -2.41. The minimum atomic E-state index is 0.513. The van der Waals surface area contributed by atoms with E-state index in [0.717, 1.165) is 5.69 Å². The molecule has 1 heterocycles. The molecule has 0 aliphatic carbocycles. The molecule has 0 saturated carbocycles. The Kier molecular flexibility index (Phi) is 3.02. The lowest BCUT2D eigenvalue weighted by atomic mass is 10.1. The van der Waals surface area contributed by atoms with Crippen molar-refractivity contribution in [3.63, 3.8) is 0 Å². The molecule has 1 rings (SSSR count). The number of aromatic nitrogens is 2. The molecule has 2 nitrogen and oxygen atoms in total. The van der Waals surface area contributed by atoms with Crippen molar-refractivity contribution in [2.45, 2.75) is 46.6 Å². The van der Waals surface area contributed by atoms with Gasteiger partial charge in [-0.1, -0.05) is 13.8 Å². The molecule has 1 aromatic heterocycles. The van der Waals surface area contributed by atoms with E-state index in [-0.39, 0.29) is 0 Å². The first-order chi connectivity index (χ1) is 6.02. The zero-order valence-electron chi connectivity index (χ0n) is 9.20. The maximum absolute atomic E-state index is 4.32. The monoisotopic (exact) mass is 179 g/mol. The van der Waals surface area contributed by atoms with Crippen LogP contribution in [0.3, 0.4) is 0 Å². The highest BCUT2D eigenvalue weighted by Crippen LogP contribution is 2.10. The highest BCUT2D eigenvalue weighted by atomic mass is 15.0. The molecule has 0 aromatic carbocycles. The van der Waals surface area contributed by atoms with Crippen LogP contribution in [-0.2, 0) is 0 Å². The van der Waals surface area contributed by atoms with Crippen LogP contribution in [-0.4, -0.2) is 4.98 Å². The van der Waals surface area contributed by atoms with E-state index < -0.39 is 0 Å². The number of hydrogen-bond donors (Lipinski definition) is 0. The van der Waals surface area contributed by atoms with Gasteiger partial charge in [0.25, 0.3) is 0 Å². The minimum Gasteiger partial charge on any atom is -0.249 e. The standard InChI is InChI=1S/C11H19N2/c1-8(2)11-6-12-10(5)7-13(11)9(3)4/h6-9H,1-5H3/q+1. The highest BCUT2D eigenvalue weighted by Gasteiger charge is 2.17. The second-order valence-electron chi connectivity index (χ2n) is 4.11. The van der Waals surface area contributed by atoms with Crippen molar-refractivity contribution in [2.24, 2.45) is 0 Å². The summed E-state index contributed by atoms with van der Waals surface area (Å²) in [6, 6.07) is 0.513. The molecule has 0 bridgehead atoms. The van der Waals surface area contributed by atoms with Crippen LogP contribution in [0.2, 0.25) is 0 Å². The van der Waals surface area contributed by atoms with Crippen LogP contribution < -0.4 is 4.57 Å². The first-order valence-electron chi connectivity index (χ1n) is 4.90. The van der Waals surface area contributed by atoms with Crippen molar-refractivity contribution in [3.05, 3.63) is 23.8 Å². The fourth-order valence-electron chi connectivity index (χ4n) is 1.44. The van der Waals surface area contributed by atoms with Gasteiger partial charge in [-0.05, 0) is 20.8 Å². The Balaban J connectivity index is 3.19. The molecule has 0 amide bonds. The summed E-state index contributed by atoms with van der Waals surface area (Å²) in [6.45, 7) is 10.8. The van der Waals surface area contributed by atoms with Crippen LogP contribution in [0.1, 0.15) is 51.0 Å². The number of rotatable bonds is 2. The maximum Gasteiger partial charge on any atom is 0.202 e. The summed E-state index contributed by atoms with van der Waals surface area (Å²) in [5, 5.41) is 0. The fourth-order valence-corrected chi connectivity index (χ4v) is 1.44. The van der Waals surface area contributed by atoms with Crippen molar-refractivity contribution < 1.29 is 4.57 Å². The van der Waals surface area contributed by atoms with E-state index in [9.17, 15) is 0 Å². The topological polar surface area (TPSA) is 16.8 Å². The van der Waals surface area contributed by atoms with Gasteiger partial charge in [-0.2, -0.15) is 4.57 Å². The van der Waals surface area contributed by atoms with Gasteiger partial charge in [0.1, 0.15) is 5.69 Å². The quantitative estimate of drug-likeness (QED) is 0.637. The minimum absolute atomic E-state index is 0.513. The highest BCUT2D eigenvalue weighted by molar-refractivity contribution is 4.97. The van der Waals surface area contributed by atoms with Gasteiger partial charge in [0.2, 0.25) is 5.69 Å². The molecule has 0 radical (unpaired) electrons. The van der Waals surface area contributed by atoms with Gasteiger partial charge in [0.15, 0.2) is 12.2 Å². The summed E-state index contributed by atoms with van der Waals surface area (Å²) in [6.07, 6.45) is 4.11. The molecule has 0 atom stereocenters. The predicted octanol–water partition coefficient (Wildman–Crippen LogP) is 2.38. The van der Waals surface area contributed by atoms with Crippen LogP contribution >= 0.6 is 0 Å². The fraction of sp³-hybridized carbons (Fsp3) is 0.636. The summed E-state index contributed by atoms with van der Waals surface area (Å²) in [7, 11) is 0. The Bertz CT molecular complexity index is 290. The average molecular weight is 179 g/mol. The van der Waals surface area contributed by atoms with E-state index in [0.29, 0.717) is 12.0 Å². The third-order valence-corrected chi connectivity index (χ3v) is 2.17. The van der Waals surface area contributed by atoms with Crippen LogP contribution in [0.15, 0.2) is 12.4 Å². The molecular weight excluding hydrogens is 160 g/mol. The van der Waals surface area contributed by atoms with Gasteiger partial charge in [-0.25, -0.2) is 4.98 Å². The van der Waals surface area contributed by atoms with Crippen LogP contribution in [0.5, 0.6) is 0 Å². The van der Waals surface area contributed by atoms with E-state index >= 15 is 0 Å². The van der Waals surface area contributed by atoms with E-state index in [4.69, 9.17) is 0 Å².